The molecule has 0 aliphatic heterocycles. The first kappa shape index (κ1) is 15.6. The Kier molecular flexibility index (Phi) is 7.51. The van der Waals surface area contributed by atoms with Crippen LogP contribution in [0.5, 0.6) is 0 Å². The van der Waals surface area contributed by atoms with Crippen LogP contribution in [0.15, 0.2) is 16.8 Å². The molecule has 0 aliphatic carbocycles. The third kappa shape index (κ3) is 4.35. The first-order chi connectivity index (χ1) is 8.74. The zero-order valence-corrected chi connectivity index (χ0v) is 12.3. The number of aliphatic hydroxyl groups excluding tert-OH is 1. The van der Waals surface area contributed by atoms with Gasteiger partial charge < -0.3 is 10.8 Å². The summed E-state index contributed by atoms with van der Waals surface area (Å²) in [5, 5.41) is 13.5. The molecule has 1 aromatic rings. The van der Waals surface area contributed by atoms with Crippen molar-refractivity contribution in [3.05, 3.63) is 22.4 Å². The lowest BCUT2D eigenvalue weighted by atomic mass is 9.98. The van der Waals surface area contributed by atoms with Crippen LogP contribution in [-0.4, -0.2) is 35.7 Å². The third-order valence-electron chi connectivity index (χ3n) is 3.34. The van der Waals surface area contributed by atoms with E-state index in [4.69, 9.17) is 5.73 Å². The molecule has 1 rings (SSSR count). The van der Waals surface area contributed by atoms with E-state index in [1.165, 1.54) is 12.0 Å². The normalized spacial score (nSPS) is 14.9. The molecule has 0 fully saturated rings. The van der Waals surface area contributed by atoms with Gasteiger partial charge in [-0.05, 0) is 41.8 Å². The number of unbranched alkanes of at least 4 members (excludes halogenated alkanes) is 1. The van der Waals surface area contributed by atoms with E-state index in [-0.39, 0.29) is 18.7 Å². The van der Waals surface area contributed by atoms with E-state index in [9.17, 15) is 5.11 Å². The van der Waals surface area contributed by atoms with E-state index in [1.54, 1.807) is 11.3 Å². The van der Waals surface area contributed by atoms with E-state index >= 15 is 0 Å². The highest BCUT2D eigenvalue weighted by Gasteiger charge is 2.25. The molecule has 0 bridgehead atoms. The quantitative estimate of drug-likeness (QED) is 0.725. The lowest BCUT2D eigenvalue weighted by Gasteiger charge is -2.34. The highest BCUT2D eigenvalue weighted by molar-refractivity contribution is 7.07. The van der Waals surface area contributed by atoms with Crippen LogP contribution in [0.3, 0.4) is 0 Å². The number of nitrogens with two attached hydrogens (primary N) is 1. The summed E-state index contributed by atoms with van der Waals surface area (Å²) in [5.41, 5.74) is 7.58. The third-order valence-corrected chi connectivity index (χ3v) is 4.04. The molecule has 0 saturated heterocycles. The second kappa shape index (κ2) is 8.64. The summed E-state index contributed by atoms with van der Waals surface area (Å²) in [4.78, 5) is 2.33. The first-order valence-electron chi connectivity index (χ1n) is 6.87. The van der Waals surface area contributed by atoms with E-state index in [0.29, 0.717) is 6.54 Å². The second-order valence-electron chi connectivity index (χ2n) is 4.69. The van der Waals surface area contributed by atoms with Crippen LogP contribution in [0, 0.1) is 0 Å². The van der Waals surface area contributed by atoms with Crippen molar-refractivity contribution in [2.45, 2.75) is 45.2 Å². The zero-order valence-electron chi connectivity index (χ0n) is 11.5. The van der Waals surface area contributed by atoms with Crippen molar-refractivity contribution < 1.29 is 5.11 Å². The molecule has 4 heteroatoms. The average molecular weight is 270 g/mol. The Hall–Kier alpha value is -0.420. The number of aliphatic hydroxyl groups is 1. The smallest absolute Gasteiger partial charge is 0.0558 e. The largest absolute Gasteiger partial charge is 0.395 e. The van der Waals surface area contributed by atoms with Crippen LogP contribution >= 0.6 is 11.3 Å². The predicted molar refractivity (Wildman–Crippen MR) is 78.9 cm³/mol. The Labute approximate surface area is 115 Å². The number of rotatable bonds is 9. The van der Waals surface area contributed by atoms with Gasteiger partial charge in [-0.2, -0.15) is 11.3 Å². The predicted octanol–water partition coefficient (Wildman–Crippen LogP) is 2.62. The SMILES string of the molecule is CCCCN(CCO)C(c1ccsc1)C(N)CC. The van der Waals surface area contributed by atoms with Gasteiger partial charge in [-0.1, -0.05) is 20.3 Å². The van der Waals surface area contributed by atoms with Gasteiger partial charge in [-0.15, -0.1) is 0 Å². The summed E-state index contributed by atoms with van der Waals surface area (Å²) >= 11 is 1.71. The molecule has 0 spiro atoms. The van der Waals surface area contributed by atoms with Crippen molar-refractivity contribution in [3.8, 4) is 0 Å². The minimum atomic E-state index is 0.128. The molecule has 1 heterocycles. The maximum atomic E-state index is 9.26. The van der Waals surface area contributed by atoms with Gasteiger partial charge in [0.05, 0.1) is 12.6 Å². The van der Waals surface area contributed by atoms with Gasteiger partial charge in [0.1, 0.15) is 0 Å². The van der Waals surface area contributed by atoms with E-state index in [2.05, 4.69) is 35.6 Å². The molecule has 0 saturated carbocycles. The van der Waals surface area contributed by atoms with Gasteiger partial charge in [-0.25, -0.2) is 0 Å². The molecule has 3 nitrogen and oxygen atoms in total. The van der Waals surface area contributed by atoms with Crippen molar-refractivity contribution in [1.29, 1.82) is 0 Å². The summed E-state index contributed by atoms with van der Waals surface area (Å²) < 4.78 is 0. The van der Waals surface area contributed by atoms with E-state index < -0.39 is 0 Å². The topological polar surface area (TPSA) is 49.5 Å². The van der Waals surface area contributed by atoms with Crippen LogP contribution in [0.25, 0.3) is 0 Å². The highest BCUT2D eigenvalue weighted by atomic mass is 32.1. The highest BCUT2D eigenvalue weighted by Crippen LogP contribution is 2.27. The fourth-order valence-electron chi connectivity index (χ4n) is 2.27. The Morgan fingerprint density at radius 1 is 1.39 bits per heavy atom. The molecule has 1 aromatic heterocycles. The maximum Gasteiger partial charge on any atom is 0.0558 e. The van der Waals surface area contributed by atoms with Crippen molar-refractivity contribution in [2.75, 3.05) is 19.7 Å². The summed E-state index contributed by atoms with van der Waals surface area (Å²) in [7, 11) is 0. The molecule has 0 aliphatic rings. The molecule has 0 amide bonds. The summed E-state index contributed by atoms with van der Waals surface area (Å²) in [6, 6.07) is 2.52. The molecule has 0 aromatic carbocycles. The minimum Gasteiger partial charge on any atom is -0.395 e. The van der Waals surface area contributed by atoms with Gasteiger partial charge in [0.25, 0.3) is 0 Å². The van der Waals surface area contributed by atoms with Crippen LogP contribution in [-0.2, 0) is 0 Å². The van der Waals surface area contributed by atoms with Gasteiger partial charge in [0, 0.05) is 12.6 Å². The number of hydrogen-bond donors (Lipinski definition) is 2. The number of hydrogen-bond acceptors (Lipinski definition) is 4. The Morgan fingerprint density at radius 3 is 2.67 bits per heavy atom. The van der Waals surface area contributed by atoms with Crippen LogP contribution in [0.1, 0.15) is 44.7 Å². The monoisotopic (exact) mass is 270 g/mol. The molecular weight excluding hydrogens is 244 g/mol. The van der Waals surface area contributed by atoms with Crippen molar-refractivity contribution in [3.63, 3.8) is 0 Å². The molecule has 104 valence electrons. The zero-order chi connectivity index (χ0) is 13.4. The molecule has 2 atom stereocenters. The molecule has 2 unspecified atom stereocenters. The van der Waals surface area contributed by atoms with Crippen LogP contribution < -0.4 is 5.73 Å². The first-order valence-corrected chi connectivity index (χ1v) is 7.81. The number of thiophene rings is 1. The fourth-order valence-corrected chi connectivity index (χ4v) is 2.96. The van der Waals surface area contributed by atoms with Gasteiger partial charge in [0.15, 0.2) is 0 Å². The molecule has 0 radical (unpaired) electrons. The molecule has 18 heavy (non-hydrogen) atoms. The van der Waals surface area contributed by atoms with Gasteiger partial charge in [-0.3, -0.25) is 4.90 Å². The van der Waals surface area contributed by atoms with Gasteiger partial charge in [0.2, 0.25) is 0 Å². The van der Waals surface area contributed by atoms with Crippen LogP contribution in [0.2, 0.25) is 0 Å². The summed E-state index contributed by atoms with van der Waals surface area (Å²) in [6.45, 7) is 6.22. The Bertz CT molecular complexity index is 303. The van der Waals surface area contributed by atoms with Crippen molar-refractivity contribution in [1.82, 2.24) is 4.90 Å². The summed E-state index contributed by atoms with van der Waals surface area (Å²) in [5.74, 6) is 0. The van der Waals surface area contributed by atoms with Gasteiger partial charge >= 0.3 is 0 Å². The van der Waals surface area contributed by atoms with E-state index in [0.717, 1.165) is 19.4 Å². The molecule has 3 N–H and O–H groups in total. The maximum absolute atomic E-state index is 9.26. The Balaban J connectivity index is 2.83. The minimum absolute atomic E-state index is 0.128. The average Bonchev–Trinajstić information content (AvgIpc) is 2.89. The second-order valence-corrected chi connectivity index (χ2v) is 5.47. The van der Waals surface area contributed by atoms with Crippen molar-refractivity contribution >= 4 is 11.3 Å². The standard InChI is InChI=1S/C14H26N2OS/c1-3-5-7-16(8-9-17)14(13(15)4-2)12-6-10-18-11-12/h6,10-11,13-14,17H,3-5,7-9,15H2,1-2H3. The van der Waals surface area contributed by atoms with E-state index in [1.807, 2.05) is 0 Å². The lowest BCUT2D eigenvalue weighted by Crippen LogP contribution is -2.42. The summed E-state index contributed by atoms with van der Waals surface area (Å²) in [6.07, 6.45) is 3.27. The van der Waals surface area contributed by atoms with Crippen LogP contribution in [0.4, 0.5) is 0 Å². The number of nitrogens with zero attached hydrogens (tertiary/aromatic N) is 1. The fraction of sp³-hybridized carbons (Fsp3) is 0.714. The molecular formula is C14H26N2OS. The Morgan fingerprint density at radius 2 is 2.17 bits per heavy atom. The lowest BCUT2D eigenvalue weighted by molar-refractivity contribution is 0.130. The van der Waals surface area contributed by atoms with Crippen molar-refractivity contribution in [2.24, 2.45) is 5.73 Å².